The van der Waals surface area contributed by atoms with E-state index in [1.54, 1.807) is 29.5 Å². The number of rotatable bonds is 6. The lowest BCUT2D eigenvalue weighted by molar-refractivity contribution is 0.588. The molecule has 0 aliphatic rings. The van der Waals surface area contributed by atoms with E-state index in [2.05, 4.69) is 15.0 Å². The minimum absolute atomic E-state index is 0.156. The van der Waals surface area contributed by atoms with Gasteiger partial charge in [0.05, 0.1) is 21.3 Å². The normalized spacial score (nSPS) is 12.8. The Morgan fingerprint density at radius 3 is 2.59 bits per heavy atom. The third kappa shape index (κ3) is 4.00. The van der Waals surface area contributed by atoms with Gasteiger partial charge >= 0.3 is 0 Å². The molecule has 0 fully saturated rings. The van der Waals surface area contributed by atoms with Gasteiger partial charge in [0.15, 0.2) is 5.82 Å². The second-order valence-corrected chi connectivity index (χ2v) is 9.37. The van der Waals surface area contributed by atoms with Gasteiger partial charge in [0.2, 0.25) is 10.0 Å². The molecule has 2 aromatic carbocycles. The van der Waals surface area contributed by atoms with Crippen LogP contribution in [0.1, 0.15) is 18.5 Å². The number of nitrogens with zero attached hydrogens (tertiary/aromatic N) is 2. The van der Waals surface area contributed by atoms with Crippen molar-refractivity contribution in [3.05, 3.63) is 71.6 Å². The first kappa shape index (κ1) is 19.5. The number of nitrogens with one attached hydrogen (secondary N) is 2. The highest BCUT2D eigenvalue weighted by molar-refractivity contribution is 7.89. The van der Waals surface area contributed by atoms with Crippen LogP contribution in [0, 0.1) is 0 Å². The highest BCUT2D eigenvalue weighted by Crippen LogP contribution is 2.30. The van der Waals surface area contributed by atoms with Crippen LogP contribution in [-0.4, -0.2) is 25.4 Å². The molecule has 2 aromatic heterocycles. The van der Waals surface area contributed by atoms with E-state index in [0.717, 1.165) is 21.3 Å². The zero-order valence-electron chi connectivity index (χ0n) is 16.0. The van der Waals surface area contributed by atoms with Crippen LogP contribution in [0.25, 0.3) is 21.6 Å². The summed E-state index contributed by atoms with van der Waals surface area (Å²) in [6.45, 7) is 1.98. The number of fused-ring (bicyclic) bond motifs is 1. The van der Waals surface area contributed by atoms with E-state index in [0.29, 0.717) is 11.6 Å². The number of hydrogen-bond acceptors (Lipinski definition) is 6. The molecule has 2 heterocycles. The first-order chi connectivity index (χ1) is 14.0. The van der Waals surface area contributed by atoms with E-state index < -0.39 is 10.0 Å². The average Bonchev–Trinajstić information content (AvgIpc) is 3.28. The Hall–Kier alpha value is -2.81. The Kier molecular flexibility index (Phi) is 5.31. The quantitative estimate of drug-likeness (QED) is 0.478. The minimum atomic E-state index is -3.50. The number of anilines is 1. The molecule has 6 nitrogen and oxygen atoms in total. The van der Waals surface area contributed by atoms with Crippen molar-refractivity contribution in [2.45, 2.75) is 17.9 Å². The van der Waals surface area contributed by atoms with E-state index in [1.165, 1.54) is 7.05 Å². The summed E-state index contributed by atoms with van der Waals surface area (Å²) in [6.07, 6.45) is 0. The fourth-order valence-corrected chi connectivity index (χ4v) is 4.50. The summed E-state index contributed by atoms with van der Waals surface area (Å²) in [6, 6.07) is 18.5. The first-order valence-corrected chi connectivity index (χ1v) is 11.4. The zero-order valence-corrected chi connectivity index (χ0v) is 17.6. The largest absolute Gasteiger partial charge is 0.363 e. The molecule has 0 spiro atoms. The van der Waals surface area contributed by atoms with Gasteiger partial charge in [-0.15, -0.1) is 11.3 Å². The first-order valence-electron chi connectivity index (χ1n) is 9.08. The summed E-state index contributed by atoms with van der Waals surface area (Å²) in [5.74, 6) is 1.38. The maximum atomic E-state index is 12.1. The van der Waals surface area contributed by atoms with Crippen LogP contribution in [0.2, 0.25) is 0 Å². The molecule has 148 valence electrons. The fraction of sp³-hybridized carbons (Fsp3) is 0.143. The number of hydrogen-bond donors (Lipinski definition) is 2. The van der Waals surface area contributed by atoms with Gasteiger partial charge in [0, 0.05) is 5.39 Å². The van der Waals surface area contributed by atoms with Gasteiger partial charge < -0.3 is 5.32 Å². The van der Waals surface area contributed by atoms with Gasteiger partial charge in [-0.05, 0) is 55.2 Å². The molecular formula is C21H20N4O2S2. The molecule has 8 heteroatoms. The van der Waals surface area contributed by atoms with Gasteiger partial charge in [0.1, 0.15) is 5.82 Å². The number of benzene rings is 2. The van der Waals surface area contributed by atoms with Crippen molar-refractivity contribution in [2.24, 2.45) is 0 Å². The van der Waals surface area contributed by atoms with Crippen molar-refractivity contribution < 1.29 is 8.42 Å². The Balaban J connectivity index is 1.73. The van der Waals surface area contributed by atoms with Crippen LogP contribution < -0.4 is 10.0 Å². The molecule has 1 atom stereocenters. The summed E-state index contributed by atoms with van der Waals surface area (Å²) in [7, 11) is -2.09. The third-order valence-electron chi connectivity index (χ3n) is 4.64. The van der Waals surface area contributed by atoms with E-state index in [4.69, 9.17) is 4.98 Å². The minimum Gasteiger partial charge on any atom is -0.363 e. The summed E-state index contributed by atoms with van der Waals surface area (Å²) < 4.78 is 26.6. The van der Waals surface area contributed by atoms with E-state index >= 15 is 0 Å². The van der Waals surface area contributed by atoms with Gasteiger partial charge in [-0.25, -0.2) is 23.1 Å². The lowest BCUT2D eigenvalue weighted by Gasteiger charge is -2.18. The van der Waals surface area contributed by atoms with Crippen LogP contribution in [-0.2, 0) is 10.0 Å². The Labute approximate surface area is 173 Å². The van der Waals surface area contributed by atoms with Crippen LogP contribution in [0.4, 0.5) is 5.82 Å². The van der Waals surface area contributed by atoms with E-state index in [-0.39, 0.29) is 10.9 Å². The molecule has 0 bridgehead atoms. The monoisotopic (exact) mass is 424 g/mol. The highest BCUT2D eigenvalue weighted by Gasteiger charge is 2.16. The van der Waals surface area contributed by atoms with Crippen LogP contribution in [0.15, 0.2) is 70.9 Å². The van der Waals surface area contributed by atoms with Gasteiger partial charge in [0.25, 0.3) is 0 Å². The van der Waals surface area contributed by atoms with Crippen molar-refractivity contribution in [2.75, 3.05) is 12.4 Å². The van der Waals surface area contributed by atoms with Crippen LogP contribution >= 0.6 is 11.3 Å². The maximum Gasteiger partial charge on any atom is 0.240 e. The summed E-state index contributed by atoms with van der Waals surface area (Å²) in [5.41, 5.74) is 1.70. The summed E-state index contributed by atoms with van der Waals surface area (Å²) in [4.78, 5) is 10.7. The number of aromatic nitrogens is 2. The Morgan fingerprint density at radius 2 is 1.83 bits per heavy atom. The highest BCUT2D eigenvalue weighted by atomic mass is 32.2. The zero-order chi connectivity index (χ0) is 20.4. The molecule has 0 amide bonds. The lowest BCUT2D eigenvalue weighted by Crippen LogP contribution is -2.19. The molecule has 4 aromatic rings. The van der Waals surface area contributed by atoms with Crippen LogP contribution in [0.3, 0.4) is 0 Å². The molecule has 0 saturated carbocycles. The van der Waals surface area contributed by atoms with E-state index in [1.807, 2.05) is 54.8 Å². The summed E-state index contributed by atoms with van der Waals surface area (Å²) >= 11 is 1.59. The van der Waals surface area contributed by atoms with Crippen molar-refractivity contribution in [3.8, 4) is 10.7 Å². The van der Waals surface area contributed by atoms with Gasteiger partial charge in [-0.3, -0.25) is 0 Å². The molecule has 4 rings (SSSR count). The van der Waals surface area contributed by atoms with E-state index in [9.17, 15) is 8.42 Å². The predicted octanol–water partition coefficient (Wildman–Crippen LogP) is 4.44. The Bertz CT molecular complexity index is 1250. The number of sulfonamides is 1. The topological polar surface area (TPSA) is 84.0 Å². The SMILES string of the molecule is CNS(=O)(=O)c1cccc(C(C)Nc2nc(-c3cccs3)nc3ccccc23)c1. The van der Waals surface area contributed by atoms with Crippen molar-refractivity contribution in [1.29, 1.82) is 0 Å². The summed E-state index contributed by atoms with van der Waals surface area (Å²) in [5, 5.41) is 6.35. The molecule has 1 unspecified atom stereocenters. The fourth-order valence-electron chi connectivity index (χ4n) is 3.06. The second-order valence-electron chi connectivity index (χ2n) is 6.54. The maximum absolute atomic E-state index is 12.1. The number of thiophene rings is 1. The van der Waals surface area contributed by atoms with Crippen molar-refractivity contribution >= 4 is 38.1 Å². The predicted molar refractivity (Wildman–Crippen MR) is 118 cm³/mol. The standard InChI is InChI=1S/C21H20N4O2S2/c1-14(15-7-5-8-16(13-15)29(26,27)22-2)23-20-17-9-3-4-10-18(17)24-21(25-20)19-11-6-12-28-19/h3-14,22H,1-2H3,(H,23,24,25). The Morgan fingerprint density at radius 1 is 1.00 bits per heavy atom. The smallest absolute Gasteiger partial charge is 0.240 e. The molecule has 0 radical (unpaired) electrons. The molecule has 29 heavy (non-hydrogen) atoms. The van der Waals surface area contributed by atoms with Gasteiger partial charge in [-0.1, -0.05) is 30.3 Å². The number of para-hydroxylation sites is 1. The van der Waals surface area contributed by atoms with Crippen LogP contribution in [0.5, 0.6) is 0 Å². The molecule has 0 aliphatic heterocycles. The lowest BCUT2D eigenvalue weighted by atomic mass is 10.1. The van der Waals surface area contributed by atoms with Gasteiger partial charge in [-0.2, -0.15) is 0 Å². The molecule has 0 saturated heterocycles. The van der Waals surface area contributed by atoms with Crippen molar-refractivity contribution in [1.82, 2.24) is 14.7 Å². The molecule has 0 aliphatic carbocycles. The second kappa shape index (κ2) is 7.90. The molecular weight excluding hydrogens is 404 g/mol. The van der Waals surface area contributed by atoms with Crippen molar-refractivity contribution in [3.63, 3.8) is 0 Å². The average molecular weight is 425 g/mol. The third-order valence-corrected chi connectivity index (χ3v) is 6.91. The molecule has 2 N–H and O–H groups in total.